The first-order chi connectivity index (χ1) is 4.66. The van der Waals surface area contributed by atoms with Gasteiger partial charge in [0.05, 0.1) is 7.11 Å². The van der Waals surface area contributed by atoms with Crippen molar-refractivity contribution >= 4 is 5.97 Å². The molecule has 0 spiro atoms. The molecule has 0 aromatic heterocycles. The highest BCUT2D eigenvalue weighted by Gasteiger charge is 1.92. The highest BCUT2D eigenvalue weighted by molar-refractivity contribution is 5.81. The van der Waals surface area contributed by atoms with Crippen LogP contribution in [0.2, 0.25) is 0 Å². The maximum absolute atomic E-state index is 10.3. The molecule has 0 bridgehead atoms. The Morgan fingerprint density at radius 3 is 2.80 bits per heavy atom. The van der Waals surface area contributed by atoms with Crippen molar-refractivity contribution in [3.05, 3.63) is 22.3 Å². The summed E-state index contributed by atoms with van der Waals surface area (Å²) in [5.41, 5.74) is 0. The molecule has 0 aromatic rings. The van der Waals surface area contributed by atoms with Gasteiger partial charge < -0.3 is 4.74 Å². The molecule has 5 nitrogen and oxygen atoms in total. The van der Waals surface area contributed by atoms with Crippen molar-refractivity contribution in [2.24, 2.45) is 0 Å². The molecule has 0 aliphatic rings. The van der Waals surface area contributed by atoms with Gasteiger partial charge in [-0.25, -0.2) is 4.79 Å². The summed E-state index contributed by atoms with van der Waals surface area (Å²) in [6.07, 6.45) is 2.15. The van der Waals surface area contributed by atoms with Crippen molar-refractivity contribution in [3.63, 3.8) is 0 Å². The molecule has 0 aliphatic carbocycles. The molecule has 0 saturated carbocycles. The van der Waals surface area contributed by atoms with Gasteiger partial charge in [0.25, 0.3) is 0 Å². The van der Waals surface area contributed by atoms with Crippen LogP contribution in [0.25, 0.3) is 0 Å². The van der Waals surface area contributed by atoms with E-state index in [-0.39, 0.29) is 6.54 Å². The van der Waals surface area contributed by atoms with Gasteiger partial charge in [0.1, 0.15) is 0 Å². The van der Waals surface area contributed by atoms with E-state index in [1.165, 1.54) is 7.11 Å². The fourth-order valence-corrected chi connectivity index (χ4v) is 0.303. The van der Waals surface area contributed by atoms with E-state index >= 15 is 0 Å². The van der Waals surface area contributed by atoms with Gasteiger partial charge in [-0.1, -0.05) is 0 Å². The maximum atomic E-state index is 10.3. The SMILES string of the molecule is COC(=O)/C=C/C[N+](=O)[O-]. The monoisotopic (exact) mass is 145 g/mol. The first kappa shape index (κ1) is 8.61. The molecule has 0 radical (unpaired) electrons. The summed E-state index contributed by atoms with van der Waals surface area (Å²) in [6.45, 7) is -0.352. The summed E-state index contributed by atoms with van der Waals surface area (Å²) in [6, 6.07) is 0. The predicted octanol–water partition coefficient (Wildman–Crippen LogP) is -0.00770. The third-order valence-electron chi connectivity index (χ3n) is 0.710. The molecule has 0 rings (SSSR count). The number of ether oxygens (including phenoxy) is 1. The zero-order valence-electron chi connectivity index (χ0n) is 5.44. The molecule has 0 heterocycles. The number of carbonyl (C=O) groups excluding carboxylic acids is 1. The quantitative estimate of drug-likeness (QED) is 0.242. The molecule has 0 aliphatic heterocycles. The van der Waals surface area contributed by atoms with Crippen LogP contribution in [0, 0.1) is 10.1 Å². The zero-order chi connectivity index (χ0) is 7.98. The van der Waals surface area contributed by atoms with Crippen LogP contribution in [-0.4, -0.2) is 24.5 Å². The lowest BCUT2D eigenvalue weighted by Crippen LogP contribution is -1.99. The number of nitrogens with zero attached hydrogens (tertiary/aromatic N) is 1. The van der Waals surface area contributed by atoms with Crippen LogP contribution in [0.5, 0.6) is 0 Å². The topological polar surface area (TPSA) is 69.4 Å². The summed E-state index contributed by atoms with van der Waals surface area (Å²) in [4.78, 5) is 19.4. The molecule has 0 aromatic carbocycles. The van der Waals surface area contributed by atoms with Crippen molar-refractivity contribution in [2.45, 2.75) is 0 Å². The third kappa shape index (κ3) is 4.76. The van der Waals surface area contributed by atoms with Gasteiger partial charge >= 0.3 is 5.97 Å². The standard InChI is InChI=1S/C5H7NO4/c1-10-5(7)3-2-4-6(8)9/h2-3H,4H2,1H3/b3-2+. The van der Waals surface area contributed by atoms with E-state index in [2.05, 4.69) is 4.74 Å². The Morgan fingerprint density at radius 2 is 2.40 bits per heavy atom. The lowest BCUT2D eigenvalue weighted by molar-refractivity contribution is -0.468. The van der Waals surface area contributed by atoms with Gasteiger partial charge in [0.15, 0.2) is 0 Å². The van der Waals surface area contributed by atoms with Crippen molar-refractivity contribution in [1.82, 2.24) is 0 Å². The Kier molecular flexibility index (Phi) is 3.86. The number of carbonyl (C=O) groups is 1. The van der Waals surface area contributed by atoms with Crippen LogP contribution in [-0.2, 0) is 9.53 Å². The van der Waals surface area contributed by atoms with E-state index in [1.807, 2.05) is 0 Å². The van der Waals surface area contributed by atoms with Gasteiger partial charge in [0, 0.05) is 11.0 Å². The van der Waals surface area contributed by atoms with Crippen molar-refractivity contribution in [1.29, 1.82) is 0 Å². The highest BCUT2D eigenvalue weighted by atomic mass is 16.6. The van der Waals surface area contributed by atoms with Gasteiger partial charge in [-0.2, -0.15) is 0 Å². The first-order valence-corrected chi connectivity index (χ1v) is 2.53. The molecule has 0 atom stereocenters. The van der Waals surface area contributed by atoms with Gasteiger partial charge in [-0.05, 0) is 6.08 Å². The van der Waals surface area contributed by atoms with Crippen molar-refractivity contribution < 1.29 is 14.5 Å². The summed E-state index contributed by atoms with van der Waals surface area (Å²) >= 11 is 0. The predicted molar refractivity (Wildman–Crippen MR) is 33.0 cm³/mol. The molecular formula is C5H7NO4. The van der Waals surface area contributed by atoms with Crippen LogP contribution in [0.15, 0.2) is 12.2 Å². The van der Waals surface area contributed by atoms with Gasteiger partial charge in [-0.15, -0.1) is 0 Å². The van der Waals surface area contributed by atoms with E-state index in [1.54, 1.807) is 0 Å². The Hall–Kier alpha value is -1.39. The molecular weight excluding hydrogens is 138 g/mol. The largest absolute Gasteiger partial charge is 0.466 e. The fraction of sp³-hybridized carbons (Fsp3) is 0.400. The van der Waals surface area contributed by atoms with E-state index in [0.717, 1.165) is 12.2 Å². The number of methoxy groups -OCH3 is 1. The van der Waals surface area contributed by atoms with Gasteiger partial charge in [0.2, 0.25) is 6.54 Å². The van der Waals surface area contributed by atoms with Crippen LogP contribution >= 0.6 is 0 Å². The van der Waals surface area contributed by atoms with Crippen LogP contribution < -0.4 is 0 Å². The average Bonchev–Trinajstić information content (AvgIpc) is 1.87. The van der Waals surface area contributed by atoms with Crippen molar-refractivity contribution in [3.8, 4) is 0 Å². The normalized spacial score (nSPS) is 9.70. The molecule has 0 amide bonds. The number of hydrogen-bond acceptors (Lipinski definition) is 4. The second kappa shape index (κ2) is 4.49. The lowest BCUT2D eigenvalue weighted by Gasteiger charge is -1.86. The lowest BCUT2D eigenvalue weighted by atomic mass is 10.5. The number of hydrogen-bond donors (Lipinski definition) is 0. The van der Waals surface area contributed by atoms with E-state index in [0.29, 0.717) is 0 Å². The average molecular weight is 145 g/mol. The molecule has 10 heavy (non-hydrogen) atoms. The minimum Gasteiger partial charge on any atom is -0.466 e. The molecule has 5 heteroatoms. The Labute approximate surface area is 57.4 Å². The highest BCUT2D eigenvalue weighted by Crippen LogP contribution is 1.78. The summed E-state index contributed by atoms with van der Waals surface area (Å²) in [5, 5.41) is 9.67. The molecule has 56 valence electrons. The Morgan fingerprint density at radius 1 is 1.80 bits per heavy atom. The fourth-order valence-electron chi connectivity index (χ4n) is 0.303. The third-order valence-corrected chi connectivity index (χ3v) is 0.710. The molecule has 0 saturated heterocycles. The second-order valence-corrected chi connectivity index (χ2v) is 1.44. The number of rotatable bonds is 3. The number of esters is 1. The molecule has 0 N–H and O–H groups in total. The first-order valence-electron chi connectivity index (χ1n) is 2.53. The van der Waals surface area contributed by atoms with Crippen LogP contribution in [0.4, 0.5) is 0 Å². The van der Waals surface area contributed by atoms with Crippen LogP contribution in [0.1, 0.15) is 0 Å². The summed E-state index contributed by atoms with van der Waals surface area (Å²) < 4.78 is 4.18. The minimum absolute atomic E-state index is 0.352. The van der Waals surface area contributed by atoms with Crippen molar-refractivity contribution in [2.75, 3.05) is 13.7 Å². The second-order valence-electron chi connectivity index (χ2n) is 1.44. The van der Waals surface area contributed by atoms with Crippen LogP contribution in [0.3, 0.4) is 0 Å². The Bertz CT molecular complexity index is 163. The van der Waals surface area contributed by atoms with E-state index in [4.69, 9.17) is 0 Å². The Balaban J connectivity index is 3.56. The smallest absolute Gasteiger partial charge is 0.330 e. The summed E-state index contributed by atoms with van der Waals surface area (Å²) in [7, 11) is 1.21. The van der Waals surface area contributed by atoms with E-state index in [9.17, 15) is 14.9 Å². The maximum Gasteiger partial charge on any atom is 0.330 e. The zero-order valence-corrected chi connectivity index (χ0v) is 5.44. The number of nitro groups is 1. The van der Waals surface area contributed by atoms with Gasteiger partial charge in [-0.3, -0.25) is 10.1 Å². The van der Waals surface area contributed by atoms with E-state index < -0.39 is 10.9 Å². The molecule has 0 unspecified atom stereocenters. The molecule has 0 fully saturated rings. The minimum atomic E-state index is -0.582. The summed E-state index contributed by atoms with van der Waals surface area (Å²) in [5.74, 6) is -0.582.